The second kappa shape index (κ2) is 4.67. The zero-order chi connectivity index (χ0) is 13.3. The topological polar surface area (TPSA) is 25.4 Å². The quantitative estimate of drug-likeness (QED) is 0.811. The fourth-order valence-electron chi connectivity index (χ4n) is 2.69. The smallest absolute Gasteiger partial charge is 0.135 e. The zero-order valence-electron chi connectivity index (χ0n) is 11.2. The van der Waals surface area contributed by atoms with E-state index in [0.717, 1.165) is 36.4 Å². The number of allylic oxidation sites excluding steroid dienone is 1. The van der Waals surface area contributed by atoms with Crippen molar-refractivity contribution in [3.05, 3.63) is 66.3 Å². The average Bonchev–Trinajstić information content (AvgIpc) is 2.93. The summed E-state index contributed by atoms with van der Waals surface area (Å²) in [6.45, 7) is 4.85. The van der Waals surface area contributed by atoms with E-state index in [-0.39, 0.29) is 0 Å². The molecule has 0 aliphatic carbocycles. The highest BCUT2D eigenvalue weighted by Gasteiger charge is 2.41. The molecule has 1 fully saturated rings. The van der Waals surface area contributed by atoms with E-state index >= 15 is 0 Å². The molecule has 98 valence electrons. The van der Waals surface area contributed by atoms with Gasteiger partial charge in [0.05, 0.1) is 5.69 Å². The molecule has 19 heavy (non-hydrogen) atoms. The standard InChI is InChI=1S/C16H18N2O/c1-13-12-14(7-10-18(13)2)16(8-5-11-19-16)15-6-3-4-9-17-15/h3-4,6-7,9-10,12H,1,5,8,11H2,2H3. The van der Waals surface area contributed by atoms with Crippen LogP contribution in [-0.2, 0) is 10.3 Å². The summed E-state index contributed by atoms with van der Waals surface area (Å²) >= 11 is 0. The Morgan fingerprint density at radius 1 is 1.42 bits per heavy atom. The Balaban J connectivity index is 2.06. The van der Waals surface area contributed by atoms with Gasteiger partial charge in [0.2, 0.25) is 0 Å². The summed E-state index contributed by atoms with van der Waals surface area (Å²) in [5.74, 6) is 0. The summed E-state index contributed by atoms with van der Waals surface area (Å²) in [5, 5.41) is 0. The zero-order valence-corrected chi connectivity index (χ0v) is 11.2. The van der Waals surface area contributed by atoms with Gasteiger partial charge in [-0.3, -0.25) is 4.98 Å². The molecular formula is C16H18N2O. The van der Waals surface area contributed by atoms with Gasteiger partial charge < -0.3 is 9.64 Å². The minimum atomic E-state index is -0.401. The molecule has 1 unspecified atom stereocenters. The summed E-state index contributed by atoms with van der Waals surface area (Å²) in [5.41, 5.74) is 2.71. The first-order valence-corrected chi connectivity index (χ1v) is 6.60. The summed E-state index contributed by atoms with van der Waals surface area (Å²) in [7, 11) is 2.00. The molecule has 1 saturated heterocycles. The number of likely N-dealkylation sites (N-methyl/N-ethyl adjacent to an activating group) is 1. The van der Waals surface area contributed by atoms with Gasteiger partial charge in [0.1, 0.15) is 5.60 Å². The summed E-state index contributed by atoms with van der Waals surface area (Å²) in [6.07, 6.45) is 10.1. The Labute approximate surface area is 113 Å². The maximum Gasteiger partial charge on any atom is 0.135 e. The molecule has 3 rings (SSSR count). The van der Waals surface area contributed by atoms with Crippen molar-refractivity contribution in [1.29, 1.82) is 0 Å². The molecule has 2 aliphatic heterocycles. The second-order valence-corrected chi connectivity index (χ2v) is 5.01. The lowest BCUT2D eigenvalue weighted by atomic mass is 9.85. The predicted octanol–water partition coefficient (Wildman–Crippen LogP) is 2.99. The number of aromatic nitrogens is 1. The fourth-order valence-corrected chi connectivity index (χ4v) is 2.69. The van der Waals surface area contributed by atoms with Crippen LogP contribution in [0.25, 0.3) is 0 Å². The van der Waals surface area contributed by atoms with Gasteiger partial charge in [-0.05, 0) is 42.7 Å². The molecule has 0 saturated carbocycles. The highest BCUT2D eigenvalue weighted by Crippen LogP contribution is 2.43. The summed E-state index contributed by atoms with van der Waals surface area (Å²) in [4.78, 5) is 6.51. The van der Waals surface area contributed by atoms with Crippen LogP contribution in [-0.4, -0.2) is 23.5 Å². The van der Waals surface area contributed by atoms with E-state index in [4.69, 9.17) is 4.74 Å². The van der Waals surface area contributed by atoms with Crippen LogP contribution in [0.1, 0.15) is 18.5 Å². The third-order valence-corrected chi connectivity index (χ3v) is 3.82. The van der Waals surface area contributed by atoms with Crippen LogP contribution in [0.2, 0.25) is 0 Å². The van der Waals surface area contributed by atoms with Crippen LogP contribution in [0.4, 0.5) is 0 Å². The number of hydrogen-bond acceptors (Lipinski definition) is 3. The molecule has 2 aliphatic rings. The molecular weight excluding hydrogens is 236 g/mol. The monoisotopic (exact) mass is 254 g/mol. The van der Waals surface area contributed by atoms with Crippen molar-refractivity contribution in [1.82, 2.24) is 9.88 Å². The normalized spacial score (nSPS) is 26.7. The number of ether oxygens (including phenoxy) is 1. The van der Waals surface area contributed by atoms with Gasteiger partial charge in [0, 0.05) is 31.7 Å². The van der Waals surface area contributed by atoms with Gasteiger partial charge in [-0.15, -0.1) is 0 Å². The molecule has 1 aromatic heterocycles. The van der Waals surface area contributed by atoms with E-state index in [0.29, 0.717) is 0 Å². The van der Waals surface area contributed by atoms with Gasteiger partial charge in [-0.1, -0.05) is 12.6 Å². The molecule has 3 nitrogen and oxygen atoms in total. The van der Waals surface area contributed by atoms with Gasteiger partial charge >= 0.3 is 0 Å². The molecule has 0 N–H and O–H groups in total. The van der Waals surface area contributed by atoms with Crippen LogP contribution in [0.15, 0.2) is 60.6 Å². The summed E-state index contributed by atoms with van der Waals surface area (Å²) in [6, 6.07) is 5.99. The highest BCUT2D eigenvalue weighted by atomic mass is 16.5. The average molecular weight is 254 g/mol. The Kier molecular flexibility index (Phi) is 2.99. The Hall–Kier alpha value is -1.87. The Morgan fingerprint density at radius 3 is 2.95 bits per heavy atom. The molecule has 1 aromatic rings. The third-order valence-electron chi connectivity index (χ3n) is 3.82. The van der Waals surface area contributed by atoms with E-state index in [9.17, 15) is 0 Å². The van der Waals surface area contributed by atoms with E-state index in [1.54, 1.807) is 0 Å². The molecule has 0 spiro atoms. The van der Waals surface area contributed by atoms with Crippen molar-refractivity contribution >= 4 is 0 Å². The van der Waals surface area contributed by atoms with Crippen LogP contribution in [0, 0.1) is 0 Å². The van der Waals surface area contributed by atoms with Crippen molar-refractivity contribution in [2.24, 2.45) is 0 Å². The van der Waals surface area contributed by atoms with Crippen molar-refractivity contribution in [2.45, 2.75) is 18.4 Å². The van der Waals surface area contributed by atoms with Crippen LogP contribution < -0.4 is 0 Å². The van der Waals surface area contributed by atoms with E-state index < -0.39 is 5.60 Å². The van der Waals surface area contributed by atoms with E-state index in [1.165, 1.54) is 0 Å². The number of hydrogen-bond donors (Lipinski definition) is 0. The highest BCUT2D eigenvalue weighted by molar-refractivity contribution is 5.43. The van der Waals surface area contributed by atoms with Gasteiger partial charge in [0.15, 0.2) is 0 Å². The molecule has 3 heterocycles. The third kappa shape index (κ3) is 2.00. The lowest BCUT2D eigenvalue weighted by Crippen LogP contribution is -2.30. The number of rotatable bonds is 2. The van der Waals surface area contributed by atoms with Crippen molar-refractivity contribution in [2.75, 3.05) is 13.7 Å². The minimum Gasteiger partial charge on any atom is -0.364 e. The van der Waals surface area contributed by atoms with E-state index in [2.05, 4.69) is 23.7 Å². The van der Waals surface area contributed by atoms with Crippen molar-refractivity contribution < 1.29 is 4.74 Å². The maximum atomic E-state index is 6.11. The Morgan fingerprint density at radius 2 is 2.32 bits per heavy atom. The van der Waals surface area contributed by atoms with Crippen LogP contribution in [0.3, 0.4) is 0 Å². The van der Waals surface area contributed by atoms with Crippen LogP contribution in [0.5, 0.6) is 0 Å². The van der Waals surface area contributed by atoms with Crippen molar-refractivity contribution in [3.8, 4) is 0 Å². The first-order valence-electron chi connectivity index (χ1n) is 6.60. The SMILES string of the molecule is C=C1C=C(C2(c3ccccn3)CCCO2)C=CN1C. The van der Waals surface area contributed by atoms with Crippen LogP contribution >= 0.6 is 0 Å². The van der Waals surface area contributed by atoms with Crippen molar-refractivity contribution in [3.63, 3.8) is 0 Å². The van der Waals surface area contributed by atoms with Gasteiger partial charge in [-0.2, -0.15) is 0 Å². The largest absolute Gasteiger partial charge is 0.364 e. The predicted molar refractivity (Wildman–Crippen MR) is 75.2 cm³/mol. The molecule has 1 atom stereocenters. The van der Waals surface area contributed by atoms with Gasteiger partial charge in [-0.25, -0.2) is 0 Å². The molecule has 0 aromatic carbocycles. The molecule has 3 heteroatoms. The number of pyridine rings is 1. The first kappa shape index (κ1) is 12.2. The Bertz CT molecular complexity index is 539. The molecule has 0 bridgehead atoms. The second-order valence-electron chi connectivity index (χ2n) is 5.01. The number of nitrogens with zero attached hydrogens (tertiary/aromatic N) is 2. The minimum absolute atomic E-state index is 0.401. The molecule has 0 amide bonds. The van der Waals surface area contributed by atoms with Gasteiger partial charge in [0.25, 0.3) is 0 Å². The maximum absolute atomic E-state index is 6.11. The first-order chi connectivity index (χ1) is 9.22. The summed E-state index contributed by atoms with van der Waals surface area (Å²) < 4.78 is 6.11. The van der Waals surface area contributed by atoms with E-state index in [1.807, 2.05) is 42.5 Å². The molecule has 0 radical (unpaired) electrons. The fraction of sp³-hybridized carbons (Fsp3) is 0.312. The lowest BCUT2D eigenvalue weighted by Gasteiger charge is -2.32. The lowest BCUT2D eigenvalue weighted by molar-refractivity contribution is 0.0313.